The van der Waals surface area contributed by atoms with Gasteiger partial charge in [0.05, 0.1) is 11.6 Å². The van der Waals surface area contributed by atoms with Gasteiger partial charge in [-0.1, -0.05) is 48.9 Å². The van der Waals surface area contributed by atoms with Gasteiger partial charge in [-0.3, -0.25) is 9.59 Å². The van der Waals surface area contributed by atoms with E-state index in [4.69, 9.17) is 4.74 Å². The molecule has 0 fully saturated rings. The number of nitrogens with one attached hydrogen (secondary N) is 1. The molecule has 2 rings (SSSR count). The predicted octanol–water partition coefficient (Wildman–Crippen LogP) is 3.45. The molecule has 0 bridgehead atoms. The summed E-state index contributed by atoms with van der Waals surface area (Å²) in [5.41, 5.74) is 2.69. The van der Waals surface area contributed by atoms with E-state index in [1.165, 1.54) is 5.56 Å². The third kappa shape index (κ3) is 4.68. The Morgan fingerprint density at radius 1 is 1.17 bits per heavy atom. The van der Waals surface area contributed by atoms with Gasteiger partial charge in [0, 0.05) is 0 Å². The highest BCUT2D eigenvalue weighted by Gasteiger charge is 2.13. The molecule has 4 heteroatoms. The van der Waals surface area contributed by atoms with Crippen LogP contribution >= 0.6 is 0 Å². The fraction of sp³-hybridized carbons (Fsp3) is 0.263. The van der Waals surface area contributed by atoms with Gasteiger partial charge in [-0.25, -0.2) is 0 Å². The second-order valence-electron chi connectivity index (χ2n) is 5.38. The molecule has 1 unspecified atom stereocenters. The van der Waals surface area contributed by atoms with E-state index in [0.717, 1.165) is 12.0 Å². The number of carbonyl (C=O) groups excluding carboxylic acids is 2. The van der Waals surface area contributed by atoms with Gasteiger partial charge in [0.2, 0.25) is 0 Å². The summed E-state index contributed by atoms with van der Waals surface area (Å²) >= 11 is 0. The first kappa shape index (κ1) is 16.7. The lowest BCUT2D eigenvalue weighted by atomic mass is 10.0. The molecule has 1 atom stereocenters. The maximum Gasteiger partial charge on any atom is 0.258 e. The molecule has 0 saturated carbocycles. The molecule has 4 nitrogen and oxygen atoms in total. The molecule has 0 aliphatic carbocycles. The molecular formula is C19H21NO3. The molecule has 1 N–H and O–H groups in total. The lowest BCUT2D eigenvalue weighted by molar-refractivity contribution is -0.123. The van der Waals surface area contributed by atoms with E-state index in [0.29, 0.717) is 17.6 Å². The summed E-state index contributed by atoms with van der Waals surface area (Å²) < 4.78 is 5.45. The zero-order valence-corrected chi connectivity index (χ0v) is 13.4. The van der Waals surface area contributed by atoms with Crippen LogP contribution < -0.4 is 10.1 Å². The van der Waals surface area contributed by atoms with E-state index in [1.54, 1.807) is 24.3 Å². The van der Waals surface area contributed by atoms with E-state index >= 15 is 0 Å². The van der Waals surface area contributed by atoms with Crippen molar-refractivity contribution in [1.82, 2.24) is 5.32 Å². The Labute approximate surface area is 136 Å². The number of hydrogen-bond donors (Lipinski definition) is 1. The summed E-state index contributed by atoms with van der Waals surface area (Å²) in [4.78, 5) is 23.0. The Morgan fingerprint density at radius 3 is 2.52 bits per heavy atom. The first-order valence-electron chi connectivity index (χ1n) is 7.67. The molecule has 0 aliphatic heterocycles. The lowest BCUT2D eigenvalue weighted by Crippen LogP contribution is -2.32. The van der Waals surface area contributed by atoms with Crippen LogP contribution in [0, 0.1) is 6.92 Å². The molecule has 0 aromatic heterocycles. The van der Waals surface area contributed by atoms with Crippen LogP contribution in [0.4, 0.5) is 0 Å². The lowest BCUT2D eigenvalue weighted by Gasteiger charge is -2.18. The molecule has 2 aromatic rings. The van der Waals surface area contributed by atoms with Crippen molar-refractivity contribution < 1.29 is 14.3 Å². The van der Waals surface area contributed by atoms with E-state index in [1.807, 2.05) is 38.1 Å². The Hall–Kier alpha value is -2.62. The molecule has 0 saturated heterocycles. The van der Waals surface area contributed by atoms with Gasteiger partial charge in [-0.05, 0) is 31.0 Å². The molecule has 0 spiro atoms. The molecule has 0 radical (unpaired) electrons. The molecule has 120 valence electrons. The van der Waals surface area contributed by atoms with E-state index in [9.17, 15) is 9.59 Å². The highest BCUT2D eigenvalue weighted by molar-refractivity contribution is 5.81. The SMILES string of the molecule is CCC(NC(=O)COc1ccccc1C=O)c1ccc(C)cc1. The number of para-hydroxylation sites is 1. The van der Waals surface area contributed by atoms with E-state index < -0.39 is 0 Å². The minimum Gasteiger partial charge on any atom is -0.483 e. The minimum absolute atomic E-state index is 0.0481. The molecule has 23 heavy (non-hydrogen) atoms. The smallest absolute Gasteiger partial charge is 0.258 e. The number of ether oxygens (including phenoxy) is 1. The van der Waals surface area contributed by atoms with Gasteiger partial charge in [0.15, 0.2) is 12.9 Å². The minimum atomic E-state index is -0.210. The number of aldehydes is 1. The van der Waals surface area contributed by atoms with Crippen LogP contribution in [-0.4, -0.2) is 18.8 Å². The van der Waals surface area contributed by atoms with E-state index in [-0.39, 0.29) is 18.6 Å². The largest absolute Gasteiger partial charge is 0.483 e. The van der Waals surface area contributed by atoms with Crippen LogP contribution in [0.15, 0.2) is 48.5 Å². The Morgan fingerprint density at radius 2 is 1.87 bits per heavy atom. The van der Waals surface area contributed by atoms with Crippen molar-refractivity contribution in [2.24, 2.45) is 0 Å². The van der Waals surface area contributed by atoms with Crippen molar-refractivity contribution in [3.05, 3.63) is 65.2 Å². The second kappa shape index (κ2) is 8.13. The summed E-state index contributed by atoms with van der Waals surface area (Å²) in [6.07, 6.45) is 1.51. The first-order chi connectivity index (χ1) is 11.1. The highest BCUT2D eigenvalue weighted by Crippen LogP contribution is 2.18. The quantitative estimate of drug-likeness (QED) is 0.797. The summed E-state index contributed by atoms with van der Waals surface area (Å²) in [6.45, 7) is 3.93. The van der Waals surface area contributed by atoms with Crippen molar-refractivity contribution in [2.75, 3.05) is 6.61 Å². The maximum atomic E-state index is 12.1. The number of hydrogen-bond acceptors (Lipinski definition) is 3. The number of aryl methyl sites for hydroxylation is 1. The van der Waals surface area contributed by atoms with Crippen LogP contribution in [0.2, 0.25) is 0 Å². The predicted molar refractivity (Wildman–Crippen MR) is 89.7 cm³/mol. The van der Waals surface area contributed by atoms with Gasteiger partial charge in [0.1, 0.15) is 5.75 Å². The average molecular weight is 311 g/mol. The van der Waals surface area contributed by atoms with Crippen molar-refractivity contribution in [2.45, 2.75) is 26.3 Å². The number of amides is 1. The highest BCUT2D eigenvalue weighted by atomic mass is 16.5. The summed E-state index contributed by atoms with van der Waals surface area (Å²) in [6, 6.07) is 14.9. The second-order valence-corrected chi connectivity index (χ2v) is 5.38. The summed E-state index contributed by atoms with van der Waals surface area (Å²) in [7, 11) is 0. The molecule has 1 amide bonds. The van der Waals surface area contributed by atoms with Crippen LogP contribution in [0.25, 0.3) is 0 Å². The van der Waals surface area contributed by atoms with Gasteiger partial charge < -0.3 is 10.1 Å². The van der Waals surface area contributed by atoms with Crippen molar-refractivity contribution in [3.63, 3.8) is 0 Å². The topological polar surface area (TPSA) is 55.4 Å². The first-order valence-corrected chi connectivity index (χ1v) is 7.67. The third-order valence-corrected chi connectivity index (χ3v) is 3.63. The normalized spacial score (nSPS) is 11.6. The molecule has 0 heterocycles. The van der Waals surface area contributed by atoms with E-state index in [2.05, 4.69) is 5.32 Å². The monoisotopic (exact) mass is 311 g/mol. The summed E-state index contributed by atoms with van der Waals surface area (Å²) in [5, 5.41) is 2.96. The fourth-order valence-electron chi connectivity index (χ4n) is 2.31. The van der Waals surface area contributed by atoms with Crippen LogP contribution in [0.3, 0.4) is 0 Å². The van der Waals surface area contributed by atoms with Crippen LogP contribution in [-0.2, 0) is 4.79 Å². The fourth-order valence-corrected chi connectivity index (χ4v) is 2.31. The number of benzene rings is 2. The summed E-state index contributed by atoms with van der Waals surface area (Å²) in [5.74, 6) is 0.208. The average Bonchev–Trinajstić information content (AvgIpc) is 2.59. The molecule has 2 aromatic carbocycles. The van der Waals surface area contributed by atoms with Crippen molar-refractivity contribution >= 4 is 12.2 Å². The molecule has 0 aliphatic rings. The van der Waals surface area contributed by atoms with Gasteiger partial charge in [-0.15, -0.1) is 0 Å². The van der Waals surface area contributed by atoms with Crippen LogP contribution in [0.1, 0.15) is 40.9 Å². The Kier molecular flexibility index (Phi) is 5.92. The van der Waals surface area contributed by atoms with Gasteiger partial charge in [0.25, 0.3) is 5.91 Å². The molecular weight excluding hydrogens is 290 g/mol. The Balaban J connectivity index is 1.95. The number of carbonyl (C=O) groups is 2. The van der Waals surface area contributed by atoms with Gasteiger partial charge in [-0.2, -0.15) is 0 Å². The van der Waals surface area contributed by atoms with Gasteiger partial charge >= 0.3 is 0 Å². The zero-order chi connectivity index (χ0) is 16.7. The van der Waals surface area contributed by atoms with Crippen LogP contribution in [0.5, 0.6) is 5.75 Å². The third-order valence-electron chi connectivity index (χ3n) is 3.63. The van der Waals surface area contributed by atoms with Crippen molar-refractivity contribution in [1.29, 1.82) is 0 Å². The van der Waals surface area contributed by atoms with Crippen molar-refractivity contribution in [3.8, 4) is 5.75 Å². The Bertz CT molecular complexity index is 665. The standard InChI is InChI=1S/C19H21NO3/c1-3-17(15-10-8-14(2)9-11-15)20-19(22)13-23-18-7-5-4-6-16(18)12-21/h4-12,17H,3,13H2,1-2H3,(H,20,22). The number of rotatable bonds is 7. The zero-order valence-electron chi connectivity index (χ0n) is 13.4. The maximum absolute atomic E-state index is 12.1.